The molecule has 21 heavy (non-hydrogen) atoms. The van der Waals surface area contributed by atoms with Gasteiger partial charge in [0.15, 0.2) is 0 Å². The van der Waals surface area contributed by atoms with Gasteiger partial charge in [0.1, 0.15) is 5.75 Å². The summed E-state index contributed by atoms with van der Waals surface area (Å²) in [5.41, 5.74) is -0.794. The number of benzene rings is 1. The third-order valence-corrected chi connectivity index (χ3v) is 2.51. The molecule has 0 aliphatic carbocycles. The molecule has 2 aromatic rings. The third-order valence-electron chi connectivity index (χ3n) is 2.51. The molecule has 2 N–H and O–H groups in total. The van der Waals surface area contributed by atoms with Gasteiger partial charge in [-0.25, -0.2) is 14.4 Å². The predicted octanol–water partition coefficient (Wildman–Crippen LogP) is 1.70. The molecule has 2 rings (SSSR count). The van der Waals surface area contributed by atoms with Crippen LogP contribution in [0.5, 0.6) is 5.75 Å². The fourth-order valence-electron chi connectivity index (χ4n) is 1.57. The topological polar surface area (TPSA) is 114 Å². The average Bonchev–Trinajstić information content (AvgIpc) is 2.47. The number of carboxylic acids is 2. The molecule has 0 amide bonds. The highest BCUT2D eigenvalue weighted by atomic mass is 16.5. The van der Waals surface area contributed by atoms with E-state index in [1.807, 2.05) is 0 Å². The van der Waals surface area contributed by atoms with E-state index in [-0.39, 0.29) is 22.4 Å². The number of pyridine rings is 1. The van der Waals surface area contributed by atoms with Crippen molar-refractivity contribution >= 4 is 17.9 Å². The molecule has 0 aliphatic heterocycles. The molecule has 0 saturated heterocycles. The van der Waals surface area contributed by atoms with E-state index in [9.17, 15) is 14.4 Å². The second-order valence-corrected chi connectivity index (χ2v) is 3.99. The van der Waals surface area contributed by atoms with Crippen molar-refractivity contribution in [3.05, 3.63) is 59.4 Å². The Morgan fingerprint density at radius 1 is 0.952 bits per heavy atom. The van der Waals surface area contributed by atoms with Crippen LogP contribution in [0.3, 0.4) is 0 Å². The molecule has 7 nitrogen and oxygen atoms in total. The monoisotopic (exact) mass is 287 g/mol. The number of carbonyl (C=O) groups is 3. The van der Waals surface area contributed by atoms with Crippen LogP contribution < -0.4 is 4.74 Å². The van der Waals surface area contributed by atoms with Crippen LogP contribution in [0.25, 0.3) is 0 Å². The van der Waals surface area contributed by atoms with Crippen molar-refractivity contribution in [3.63, 3.8) is 0 Å². The second kappa shape index (κ2) is 5.83. The van der Waals surface area contributed by atoms with Gasteiger partial charge in [0.25, 0.3) is 0 Å². The molecule has 7 heteroatoms. The van der Waals surface area contributed by atoms with Gasteiger partial charge in [-0.2, -0.15) is 0 Å². The fourth-order valence-corrected chi connectivity index (χ4v) is 1.57. The number of aromatic carboxylic acids is 2. The maximum atomic E-state index is 11.9. The van der Waals surface area contributed by atoms with Gasteiger partial charge in [0, 0.05) is 6.20 Å². The summed E-state index contributed by atoms with van der Waals surface area (Å²) in [5.74, 6) is -3.38. The zero-order chi connectivity index (χ0) is 15.4. The molecule has 0 atom stereocenters. The minimum absolute atomic E-state index is 0.167. The average molecular weight is 287 g/mol. The van der Waals surface area contributed by atoms with Crippen molar-refractivity contribution < 1.29 is 29.3 Å². The Hall–Kier alpha value is -3.22. The Bertz CT molecular complexity index is 678. The number of esters is 1. The second-order valence-electron chi connectivity index (χ2n) is 3.99. The molecule has 0 aliphatic rings. The van der Waals surface area contributed by atoms with Gasteiger partial charge >= 0.3 is 17.9 Å². The summed E-state index contributed by atoms with van der Waals surface area (Å²) in [5, 5.41) is 17.9. The number of aromatic nitrogens is 1. The zero-order valence-electron chi connectivity index (χ0n) is 10.5. The van der Waals surface area contributed by atoms with Crippen LogP contribution in [0.1, 0.15) is 31.1 Å². The van der Waals surface area contributed by atoms with E-state index in [0.29, 0.717) is 0 Å². The standard InChI is InChI=1S/C14H9NO6/c16-12(17)8-4-9(13(18)19)6-10(5-8)14(20)21-11-2-1-3-15-7-11/h1-7H,(H,16,17)(H,18,19). The Morgan fingerprint density at radius 3 is 2.00 bits per heavy atom. The van der Waals surface area contributed by atoms with Gasteiger partial charge < -0.3 is 14.9 Å². The third kappa shape index (κ3) is 3.41. The van der Waals surface area contributed by atoms with Crippen molar-refractivity contribution in [2.45, 2.75) is 0 Å². The number of hydrogen-bond donors (Lipinski definition) is 2. The van der Waals surface area contributed by atoms with Gasteiger partial charge in [0.05, 0.1) is 22.9 Å². The van der Waals surface area contributed by atoms with Gasteiger partial charge in [-0.05, 0) is 30.3 Å². The fraction of sp³-hybridized carbons (Fsp3) is 0. The van der Waals surface area contributed by atoms with E-state index < -0.39 is 17.9 Å². The van der Waals surface area contributed by atoms with E-state index in [0.717, 1.165) is 18.2 Å². The molecule has 0 saturated carbocycles. The highest BCUT2D eigenvalue weighted by molar-refractivity contribution is 6.00. The quantitative estimate of drug-likeness (QED) is 0.822. The van der Waals surface area contributed by atoms with Crippen LogP contribution >= 0.6 is 0 Å². The molecule has 0 spiro atoms. The zero-order valence-corrected chi connectivity index (χ0v) is 10.5. The molecule has 1 aromatic heterocycles. The summed E-state index contributed by atoms with van der Waals surface area (Å²) in [6.07, 6.45) is 2.79. The lowest BCUT2D eigenvalue weighted by Gasteiger charge is -2.06. The van der Waals surface area contributed by atoms with Crippen LogP contribution in [-0.4, -0.2) is 33.1 Å². The Kier molecular flexibility index (Phi) is 3.94. The molecule has 1 heterocycles. The highest BCUT2D eigenvalue weighted by Gasteiger charge is 2.16. The van der Waals surface area contributed by atoms with Crippen molar-refractivity contribution in [1.29, 1.82) is 0 Å². The first kappa shape index (κ1) is 14.2. The van der Waals surface area contributed by atoms with Crippen molar-refractivity contribution in [2.75, 3.05) is 0 Å². The summed E-state index contributed by atoms with van der Waals surface area (Å²) in [6, 6.07) is 6.11. The first-order chi connectivity index (χ1) is 9.97. The maximum absolute atomic E-state index is 11.9. The van der Waals surface area contributed by atoms with Crippen LogP contribution in [0, 0.1) is 0 Å². The number of hydrogen-bond acceptors (Lipinski definition) is 5. The minimum Gasteiger partial charge on any atom is -0.478 e. The van der Waals surface area contributed by atoms with E-state index in [1.165, 1.54) is 18.5 Å². The Balaban J connectivity index is 2.36. The van der Waals surface area contributed by atoms with Crippen LogP contribution in [-0.2, 0) is 0 Å². The lowest BCUT2D eigenvalue weighted by atomic mass is 10.1. The molecular weight excluding hydrogens is 278 g/mol. The van der Waals surface area contributed by atoms with E-state index in [1.54, 1.807) is 6.07 Å². The SMILES string of the molecule is O=C(O)c1cc(C(=O)O)cc(C(=O)Oc2cccnc2)c1. The summed E-state index contributed by atoms with van der Waals surface area (Å²) in [7, 11) is 0. The van der Waals surface area contributed by atoms with Crippen LogP contribution in [0.2, 0.25) is 0 Å². The molecule has 0 radical (unpaired) electrons. The molecule has 1 aromatic carbocycles. The summed E-state index contributed by atoms with van der Waals surface area (Å²) in [6.45, 7) is 0. The summed E-state index contributed by atoms with van der Waals surface area (Å²) >= 11 is 0. The lowest BCUT2D eigenvalue weighted by Crippen LogP contribution is -2.12. The maximum Gasteiger partial charge on any atom is 0.343 e. The van der Waals surface area contributed by atoms with E-state index >= 15 is 0 Å². The van der Waals surface area contributed by atoms with Gasteiger partial charge in [0.2, 0.25) is 0 Å². The molecule has 0 fully saturated rings. The largest absolute Gasteiger partial charge is 0.478 e. The number of carbonyl (C=O) groups excluding carboxylic acids is 1. The first-order valence-electron chi connectivity index (χ1n) is 5.71. The van der Waals surface area contributed by atoms with Crippen molar-refractivity contribution in [2.24, 2.45) is 0 Å². The van der Waals surface area contributed by atoms with Gasteiger partial charge in [-0.1, -0.05) is 0 Å². The summed E-state index contributed by atoms with van der Waals surface area (Å²) < 4.78 is 4.98. The molecular formula is C14H9NO6. The number of rotatable bonds is 4. The van der Waals surface area contributed by atoms with E-state index in [4.69, 9.17) is 14.9 Å². The minimum atomic E-state index is -1.34. The predicted molar refractivity (Wildman–Crippen MR) is 69.6 cm³/mol. The van der Waals surface area contributed by atoms with Crippen molar-refractivity contribution in [1.82, 2.24) is 4.98 Å². The van der Waals surface area contributed by atoms with E-state index in [2.05, 4.69) is 4.98 Å². The first-order valence-corrected chi connectivity index (χ1v) is 5.71. The smallest absolute Gasteiger partial charge is 0.343 e. The summed E-state index contributed by atoms with van der Waals surface area (Å²) in [4.78, 5) is 37.6. The van der Waals surface area contributed by atoms with Gasteiger partial charge in [-0.3, -0.25) is 4.98 Å². The molecule has 0 bridgehead atoms. The number of carboxylic acid groups (broad SMARTS) is 2. The highest BCUT2D eigenvalue weighted by Crippen LogP contribution is 2.15. The van der Waals surface area contributed by atoms with Crippen molar-refractivity contribution in [3.8, 4) is 5.75 Å². The lowest BCUT2D eigenvalue weighted by molar-refractivity contribution is 0.0696. The normalized spacial score (nSPS) is 9.90. The Morgan fingerprint density at radius 2 is 1.52 bits per heavy atom. The number of nitrogens with zero attached hydrogens (tertiary/aromatic N) is 1. The van der Waals surface area contributed by atoms with Gasteiger partial charge in [-0.15, -0.1) is 0 Å². The molecule has 106 valence electrons. The Labute approximate surface area is 118 Å². The molecule has 0 unspecified atom stereocenters. The van der Waals surface area contributed by atoms with Crippen LogP contribution in [0.4, 0.5) is 0 Å². The van der Waals surface area contributed by atoms with Crippen LogP contribution in [0.15, 0.2) is 42.7 Å². The number of ether oxygens (including phenoxy) is 1.